The van der Waals surface area contributed by atoms with E-state index in [1.165, 1.54) is 32.1 Å². The van der Waals surface area contributed by atoms with Crippen molar-refractivity contribution in [3.05, 3.63) is 29.6 Å². The lowest BCUT2D eigenvalue weighted by Crippen LogP contribution is -2.27. The second-order valence-electron chi connectivity index (χ2n) is 5.29. The van der Waals surface area contributed by atoms with E-state index in [0.717, 1.165) is 23.7 Å². The second-order valence-corrected chi connectivity index (χ2v) is 5.85. The van der Waals surface area contributed by atoms with Gasteiger partial charge in [-0.3, -0.25) is 0 Å². The average molecular weight is 314 g/mol. The van der Waals surface area contributed by atoms with E-state index in [9.17, 15) is 4.39 Å². The third-order valence-electron chi connectivity index (χ3n) is 3.85. The van der Waals surface area contributed by atoms with Gasteiger partial charge in [-0.05, 0) is 42.5 Å². The quantitative estimate of drug-likeness (QED) is 0.726. The third-order valence-corrected chi connectivity index (χ3v) is 4.46. The molecule has 1 saturated carbocycles. The maximum absolute atomic E-state index is 13.2. The Morgan fingerprint density at radius 2 is 2.00 bits per heavy atom. The molecule has 1 nitrogen and oxygen atoms in total. The van der Waals surface area contributed by atoms with Gasteiger partial charge in [0.15, 0.2) is 0 Å². The van der Waals surface area contributed by atoms with Crippen molar-refractivity contribution < 1.29 is 4.39 Å². The number of halogens is 2. The lowest BCUT2D eigenvalue weighted by atomic mass is 9.89. The van der Waals surface area contributed by atoms with E-state index in [4.69, 9.17) is 0 Å². The van der Waals surface area contributed by atoms with Crippen molar-refractivity contribution in [3.63, 3.8) is 0 Å². The topological polar surface area (TPSA) is 3.24 Å². The molecule has 3 heteroatoms. The van der Waals surface area contributed by atoms with E-state index in [1.807, 2.05) is 6.07 Å². The summed E-state index contributed by atoms with van der Waals surface area (Å²) in [4.78, 5) is 2.28. The molecule has 1 fully saturated rings. The molecule has 18 heavy (non-hydrogen) atoms. The largest absolute Gasteiger partial charge is 0.374 e. The van der Waals surface area contributed by atoms with Crippen molar-refractivity contribution in [1.82, 2.24) is 0 Å². The van der Waals surface area contributed by atoms with Crippen LogP contribution in [-0.2, 0) is 5.33 Å². The van der Waals surface area contributed by atoms with E-state index in [-0.39, 0.29) is 5.82 Å². The fraction of sp³-hybridized carbons (Fsp3) is 0.600. The molecule has 0 saturated heterocycles. The van der Waals surface area contributed by atoms with Gasteiger partial charge in [0.2, 0.25) is 0 Å². The first kappa shape index (κ1) is 13.9. The third kappa shape index (κ3) is 3.47. The Labute approximate surface area is 118 Å². The van der Waals surface area contributed by atoms with Crippen LogP contribution in [0.4, 0.5) is 10.1 Å². The van der Waals surface area contributed by atoms with E-state index < -0.39 is 0 Å². The lowest BCUT2D eigenvalue weighted by Gasteiger charge is -2.29. The first-order chi connectivity index (χ1) is 8.70. The standard InChI is InChI=1S/C15H21BrFN/c1-18(11-12-5-3-2-4-6-12)15-8-7-14(17)9-13(15)10-16/h7-9,12H,2-6,10-11H2,1H3. The van der Waals surface area contributed by atoms with Gasteiger partial charge in [0.1, 0.15) is 5.82 Å². The van der Waals surface area contributed by atoms with Crippen LogP contribution in [0.1, 0.15) is 37.7 Å². The first-order valence-electron chi connectivity index (χ1n) is 6.76. The molecule has 1 aliphatic carbocycles. The molecule has 0 atom stereocenters. The van der Waals surface area contributed by atoms with Crippen LogP contribution >= 0.6 is 15.9 Å². The number of hydrogen-bond donors (Lipinski definition) is 0. The fourth-order valence-corrected chi connectivity index (χ4v) is 3.34. The second kappa shape index (κ2) is 6.55. The maximum Gasteiger partial charge on any atom is 0.123 e. The molecule has 0 radical (unpaired) electrons. The number of benzene rings is 1. The van der Waals surface area contributed by atoms with Gasteiger partial charge in [0.05, 0.1) is 0 Å². The smallest absolute Gasteiger partial charge is 0.123 e. The Kier molecular flexibility index (Phi) is 5.04. The van der Waals surface area contributed by atoms with Gasteiger partial charge >= 0.3 is 0 Å². The molecule has 2 rings (SSSR count). The van der Waals surface area contributed by atoms with Crippen LogP contribution in [-0.4, -0.2) is 13.6 Å². The maximum atomic E-state index is 13.2. The van der Waals surface area contributed by atoms with Gasteiger partial charge in [0.25, 0.3) is 0 Å². The zero-order valence-electron chi connectivity index (χ0n) is 11.0. The van der Waals surface area contributed by atoms with E-state index >= 15 is 0 Å². The van der Waals surface area contributed by atoms with Crippen LogP contribution in [0.25, 0.3) is 0 Å². The average Bonchev–Trinajstić information content (AvgIpc) is 2.39. The van der Waals surface area contributed by atoms with Crippen molar-refractivity contribution >= 4 is 21.6 Å². The van der Waals surface area contributed by atoms with Gasteiger partial charge in [-0.2, -0.15) is 0 Å². The Bertz CT molecular complexity index is 388. The van der Waals surface area contributed by atoms with E-state index in [2.05, 4.69) is 27.9 Å². The van der Waals surface area contributed by atoms with Crippen molar-refractivity contribution in [3.8, 4) is 0 Å². The number of alkyl halides is 1. The minimum Gasteiger partial charge on any atom is -0.374 e. The van der Waals surface area contributed by atoms with Crippen LogP contribution in [0, 0.1) is 11.7 Å². The van der Waals surface area contributed by atoms with Gasteiger partial charge in [-0.1, -0.05) is 35.2 Å². The minimum atomic E-state index is -0.153. The van der Waals surface area contributed by atoms with Crippen LogP contribution in [0.3, 0.4) is 0 Å². The van der Waals surface area contributed by atoms with Gasteiger partial charge in [-0.15, -0.1) is 0 Å². The summed E-state index contributed by atoms with van der Waals surface area (Å²) in [6.45, 7) is 1.09. The molecular weight excluding hydrogens is 293 g/mol. The van der Waals surface area contributed by atoms with Crippen molar-refractivity contribution in [2.75, 3.05) is 18.5 Å². The predicted molar refractivity (Wildman–Crippen MR) is 78.9 cm³/mol. The fourth-order valence-electron chi connectivity index (χ4n) is 2.89. The van der Waals surface area contributed by atoms with E-state index in [0.29, 0.717) is 5.33 Å². The Morgan fingerprint density at radius 3 is 2.67 bits per heavy atom. The molecule has 0 unspecified atom stereocenters. The summed E-state index contributed by atoms with van der Waals surface area (Å²) in [5, 5.41) is 0.703. The lowest BCUT2D eigenvalue weighted by molar-refractivity contribution is 0.362. The highest BCUT2D eigenvalue weighted by atomic mass is 79.9. The Balaban J connectivity index is 2.05. The van der Waals surface area contributed by atoms with Crippen molar-refractivity contribution in [2.24, 2.45) is 5.92 Å². The summed E-state index contributed by atoms with van der Waals surface area (Å²) in [6, 6.07) is 5.08. The molecule has 1 aromatic carbocycles. The molecule has 0 aromatic heterocycles. The summed E-state index contributed by atoms with van der Waals surface area (Å²) < 4.78 is 13.2. The molecule has 0 aliphatic heterocycles. The highest BCUT2D eigenvalue weighted by Crippen LogP contribution is 2.28. The summed E-state index contributed by atoms with van der Waals surface area (Å²) >= 11 is 3.44. The zero-order chi connectivity index (χ0) is 13.0. The molecule has 0 bridgehead atoms. The van der Waals surface area contributed by atoms with Gasteiger partial charge < -0.3 is 4.90 Å². The van der Waals surface area contributed by atoms with E-state index in [1.54, 1.807) is 12.1 Å². The monoisotopic (exact) mass is 313 g/mol. The highest BCUT2D eigenvalue weighted by molar-refractivity contribution is 9.08. The van der Waals surface area contributed by atoms with Gasteiger partial charge in [-0.25, -0.2) is 4.39 Å². The van der Waals surface area contributed by atoms with Crippen LogP contribution in [0.5, 0.6) is 0 Å². The summed E-state index contributed by atoms with van der Waals surface area (Å²) in [5.74, 6) is 0.649. The molecule has 100 valence electrons. The van der Waals surface area contributed by atoms with Crippen LogP contribution < -0.4 is 4.90 Å². The molecule has 0 N–H and O–H groups in total. The molecule has 0 heterocycles. The Hall–Kier alpha value is -0.570. The first-order valence-corrected chi connectivity index (χ1v) is 7.88. The minimum absolute atomic E-state index is 0.153. The number of rotatable bonds is 4. The molecular formula is C15H21BrFN. The Morgan fingerprint density at radius 1 is 1.28 bits per heavy atom. The summed E-state index contributed by atoms with van der Waals surface area (Å²) in [7, 11) is 2.12. The van der Waals surface area contributed by atoms with Crippen molar-refractivity contribution in [1.29, 1.82) is 0 Å². The summed E-state index contributed by atoms with van der Waals surface area (Å²) in [5.41, 5.74) is 2.19. The normalized spacial score (nSPS) is 16.8. The van der Waals surface area contributed by atoms with Crippen LogP contribution in [0.2, 0.25) is 0 Å². The number of hydrogen-bond acceptors (Lipinski definition) is 1. The van der Waals surface area contributed by atoms with Crippen molar-refractivity contribution in [2.45, 2.75) is 37.4 Å². The molecule has 1 aromatic rings. The molecule has 0 spiro atoms. The molecule has 0 amide bonds. The number of nitrogens with zero attached hydrogens (tertiary/aromatic N) is 1. The SMILES string of the molecule is CN(CC1CCCCC1)c1ccc(F)cc1CBr. The van der Waals surface area contributed by atoms with Gasteiger partial charge in [0, 0.05) is 24.6 Å². The molecule has 1 aliphatic rings. The summed E-state index contributed by atoms with van der Waals surface area (Å²) in [6.07, 6.45) is 6.81. The van der Waals surface area contributed by atoms with Crippen LogP contribution in [0.15, 0.2) is 18.2 Å². The predicted octanol–water partition coefficient (Wildman–Crippen LogP) is 4.74. The highest BCUT2D eigenvalue weighted by Gasteiger charge is 2.17. The zero-order valence-corrected chi connectivity index (χ0v) is 12.5. The number of anilines is 1.